The van der Waals surface area contributed by atoms with E-state index in [1.54, 1.807) is 0 Å². The first-order valence-electron chi connectivity index (χ1n) is 6.21. The van der Waals surface area contributed by atoms with Crippen molar-refractivity contribution in [3.8, 4) is 11.6 Å². The zero-order valence-electron chi connectivity index (χ0n) is 10.1. The number of benzene rings is 1. The molecule has 0 atom stereocenters. The van der Waals surface area contributed by atoms with Gasteiger partial charge < -0.3 is 4.42 Å². The molecule has 4 rings (SSSR count). The van der Waals surface area contributed by atoms with Gasteiger partial charge in [0.15, 0.2) is 5.76 Å². The molecule has 3 aromatic rings. The van der Waals surface area contributed by atoms with Crippen LogP contribution in [-0.2, 0) is 7.05 Å². The summed E-state index contributed by atoms with van der Waals surface area (Å²) in [5.41, 5.74) is 0.882. The van der Waals surface area contributed by atoms with Crippen LogP contribution in [-0.4, -0.2) is 14.8 Å². The number of rotatable bonds is 2. The summed E-state index contributed by atoms with van der Waals surface area (Å²) in [5.74, 6) is 3.11. The average Bonchev–Trinajstić information content (AvgIpc) is 3.00. The standard InChI is InChI=1S/C14H13N3O/c1-17-14(9-6-7-9)15-13(16-17)12-8-10-4-2-3-5-11(10)18-12/h2-5,8-9H,6-7H2,1H3. The Bertz CT molecular complexity index is 689. The molecule has 2 heterocycles. The van der Waals surface area contributed by atoms with Crippen molar-refractivity contribution in [1.82, 2.24) is 14.8 Å². The molecule has 1 saturated carbocycles. The predicted octanol–water partition coefficient (Wildman–Crippen LogP) is 3.11. The number of para-hydroxylation sites is 1. The monoisotopic (exact) mass is 239 g/mol. The van der Waals surface area contributed by atoms with Crippen LogP contribution < -0.4 is 0 Å². The molecule has 4 nitrogen and oxygen atoms in total. The summed E-state index contributed by atoms with van der Waals surface area (Å²) in [5, 5.41) is 5.54. The molecule has 1 fully saturated rings. The van der Waals surface area contributed by atoms with Crippen molar-refractivity contribution in [2.24, 2.45) is 7.05 Å². The minimum atomic E-state index is 0.598. The van der Waals surface area contributed by atoms with Crippen LogP contribution in [0.1, 0.15) is 24.6 Å². The SMILES string of the molecule is Cn1nc(-c2cc3ccccc3o2)nc1C1CC1. The van der Waals surface area contributed by atoms with Gasteiger partial charge in [-0.1, -0.05) is 18.2 Å². The molecule has 0 spiro atoms. The zero-order chi connectivity index (χ0) is 12.1. The predicted molar refractivity (Wildman–Crippen MR) is 68.2 cm³/mol. The quantitative estimate of drug-likeness (QED) is 0.690. The van der Waals surface area contributed by atoms with E-state index in [9.17, 15) is 0 Å². The number of aromatic nitrogens is 3. The molecule has 0 radical (unpaired) electrons. The molecule has 0 aliphatic heterocycles. The van der Waals surface area contributed by atoms with Crippen molar-refractivity contribution >= 4 is 11.0 Å². The Morgan fingerprint density at radius 3 is 2.89 bits per heavy atom. The fourth-order valence-corrected chi connectivity index (χ4v) is 2.29. The molecule has 0 amide bonds. The van der Waals surface area contributed by atoms with Crippen LogP contribution in [0.25, 0.3) is 22.6 Å². The van der Waals surface area contributed by atoms with E-state index < -0.39 is 0 Å². The molecule has 0 saturated heterocycles. The van der Waals surface area contributed by atoms with E-state index in [0.29, 0.717) is 11.7 Å². The van der Waals surface area contributed by atoms with Crippen molar-refractivity contribution in [2.45, 2.75) is 18.8 Å². The highest BCUT2D eigenvalue weighted by Gasteiger charge is 2.29. The first kappa shape index (κ1) is 9.88. The molecule has 2 aromatic heterocycles. The highest BCUT2D eigenvalue weighted by atomic mass is 16.3. The molecule has 18 heavy (non-hydrogen) atoms. The van der Waals surface area contributed by atoms with Crippen molar-refractivity contribution in [3.05, 3.63) is 36.2 Å². The maximum absolute atomic E-state index is 5.78. The van der Waals surface area contributed by atoms with Crippen LogP contribution in [0.3, 0.4) is 0 Å². The van der Waals surface area contributed by atoms with Gasteiger partial charge in [0, 0.05) is 18.4 Å². The van der Waals surface area contributed by atoms with Gasteiger partial charge >= 0.3 is 0 Å². The Morgan fingerprint density at radius 2 is 2.11 bits per heavy atom. The van der Waals surface area contributed by atoms with Crippen molar-refractivity contribution in [2.75, 3.05) is 0 Å². The first-order chi connectivity index (χ1) is 8.81. The summed E-state index contributed by atoms with van der Waals surface area (Å²) in [6.07, 6.45) is 2.46. The van der Waals surface area contributed by atoms with E-state index in [0.717, 1.165) is 22.6 Å². The Kier molecular flexibility index (Phi) is 1.89. The number of hydrogen-bond acceptors (Lipinski definition) is 3. The summed E-state index contributed by atoms with van der Waals surface area (Å²) in [4.78, 5) is 4.60. The average molecular weight is 239 g/mol. The summed E-state index contributed by atoms with van der Waals surface area (Å²) in [6.45, 7) is 0. The summed E-state index contributed by atoms with van der Waals surface area (Å²) < 4.78 is 7.66. The second-order valence-corrected chi connectivity index (χ2v) is 4.84. The van der Waals surface area contributed by atoms with Gasteiger partial charge in [-0.15, -0.1) is 5.10 Å². The minimum Gasteiger partial charge on any atom is -0.453 e. The number of furan rings is 1. The molecule has 0 bridgehead atoms. The molecule has 1 aromatic carbocycles. The van der Waals surface area contributed by atoms with Gasteiger partial charge in [-0.2, -0.15) is 0 Å². The van der Waals surface area contributed by atoms with Crippen LogP contribution in [0.5, 0.6) is 0 Å². The molecular formula is C14H13N3O. The van der Waals surface area contributed by atoms with Gasteiger partial charge in [-0.25, -0.2) is 4.98 Å². The van der Waals surface area contributed by atoms with Gasteiger partial charge in [0.05, 0.1) is 0 Å². The topological polar surface area (TPSA) is 43.9 Å². The summed E-state index contributed by atoms with van der Waals surface area (Å²) >= 11 is 0. The molecule has 90 valence electrons. The Morgan fingerprint density at radius 1 is 1.28 bits per heavy atom. The lowest BCUT2D eigenvalue weighted by Crippen LogP contribution is -1.96. The van der Waals surface area contributed by atoms with Crippen LogP contribution >= 0.6 is 0 Å². The van der Waals surface area contributed by atoms with Crippen LogP contribution in [0.15, 0.2) is 34.7 Å². The fourth-order valence-electron chi connectivity index (χ4n) is 2.29. The van der Waals surface area contributed by atoms with Crippen LogP contribution in [0.2, 0.25) is 0 Å². The number of aryl methyl sites for hydroxylation is 1. The number of nitrogens with zero attached hydrogens (tertiary/aromatic N) is 3. The minimum absolute atomic E-state index is 0.598. The van der Waals surface area contributed by atoms with Crippen molar-refractivity contribution in [1.29, 1.82) is 0 Å². The highest BCUT2D eigenvalue weighted by molar-refractivity contribution is 5.81. The fraction of sp³-hybridized carbons (Fsp3) is 0.286. The van der Waals surface area contributed by atoms with Crippen molar-refractivity contribution in [3.63, 3.8) is 0 Å². The lowest BCUT2D eigenvalue weighted by molar-refractivity contribution is 0.622. The van der Waals surface area contributed by atoms with Gasteiger partial charge in [-0.05, 0) is 25.0 Å². The van der Waals surface area contributed by atoms with E-state index in [1.165, 1.54) is 12.8 Å². The van der Waals surface area contributed by atoms with Gasteiger partial charge in [0.1, 0.15) is 11.4 Å². The van der Waals surface area contributed by atoms with Gasteiger partial charge in [0.2, 0.25) is 5.82 Å². The molecule has 0 unspecified atom stereocenters. The third-order valence-corrected chi connectivity index (χ3v) is 3.39. The molecular weight excluding hydrogens is 226 g/mol. The number of hydrogen-bond donors (Lipinski definition) is 0. The second kappa shape index (κ2) is 3.45. The first-order valence-corrected chi connectivity index (χ1v) is 6.21. The lowest BCUT2D eigenvalue weighted by Gasteiger charge is -1.92. The Labute approximate surface area is 104 Å². The van der Waals surface area contributed by atoms with Gasteiger partial charge in [0.25, 0.3) is 0 Å². The third kappa shape index (κ3) is 1.45. The van der Waals surface area contributed by atoms with E-state index in [1.807, 2.05) is 42.1 Å². The molecule has 4 heteroatoms. The Balaban J connectivity index is 1.83. The lowest BCUT2D eigenvalue weighted by atomic mass is 10.2. The smallest absolute Gasteiger partial charge is 0.217 e. The van der Waals surface area contributed by atoms with E-state index in [2.05, 4.69) is 10.1 Å². The number of fused-ring (bicyclic) bond motifs is 1. The highest BCUT2D eigenvalue weighted by Crippen LogP contribution is 2.39. The van der Waals surface area contributed by atoms with Gasteiger partial charge in [-0.3, -0.25) is 4.68 Å². The zero-order valence-corrected chi connectivity index (χ0v) is 10.1. The normalized spacial score (nSPS) is 15.4. The van der Waals surface area contributed by atoms with E-state index >= 15 is 0 Å². The largest absolute Gasteiger partial charge is 0.453 e. The molecule has 1 aliphatic carbocycles. The second-order valence-electron chi connectivity index (χ2n) is 4.84. The molecule has 1 aliphatic rings. The Hall–Kier alpha value is -2.10. The van der Waals surface area contributed by atoms with Crippen LogP contribution in [0.4, 0.5) is 0 Å². The van der Waals surface area contributed by atoms with E-state index in [-0.39, 0.29) is 0 Å². The van der Waals surface area contributed by atoms with Crippen molar-refractivity contribution < 1.29 is 4.42 Å². The third-order valence-electron chi connectivity index (χ3n) is 3.39. The van der Waals surface area contributed by atoms with Crippen LogP contribution in [0, 0.1) is 0 Å². The van der Waals surface area contributed by atoms with E-state index in [4.69, 9.17) is 4.42 Å². The molecule has 0 N–H and O–H groups in total. The maximum atomic E-state index is 5.78. The summed E-state index contributed by atoms with van der Waals surface area (Å²) in [6, 6.07) is 9.97. The maximum Gasteiger partial charge on any atom is 0.217 e. The summed E-state index contributed by atoms with van der Waals surface area (Å²) in [7, 11) is 1.95.